The van der Waals surface area contributed by atoms with E-state index in [9.17, 15) is 13.2 Å². The summed E-state index contributed by atoms with van der Waals surface area (Å²) in [6.45, 7) is 4.80. The number of benzene rings is 1. The largest absolute Gasteiger partial charge is 0.493 e. The molecule has 0 amide bonds. The second-order valence-electron chi connectivity index (χ2n) is 10.3. The van der Waals surface area contributed by atoms with Gasteiger partial charge in [0.05, 0.1) is 17.3 Å². The van der Waals surface area contributed by atoms with E-state index in [4.69, 9.17) is 4.74 Å². The number of H-pyrrole nitrogens is 1. The molecule has 6 nitrogen and oxygen atoms in total. The third-order valence-electron chi connectivity index (χ3n) is 7.79. The quantitative estimate of drug-likeness (QED) is 0.498. The van der Waals surface area contributed by atoms with Crippen LogP contribution in [0.25, 0.3) is 0 Å². The molecule has 7 heteroatoms. The van der Waals surface area contributed by atoms with Gasteiger partial charge < -0.3 is 9.72 Å². The fourth-order valence-electron chi connectivity index (χ4n) is 5.42. The van der Waals surface area contributed by atoms with E-state index in [1.165, 1.54) is 43.9 Å². The van der Waals surface area contributed by atoms with Crippen LogP contribution in [0.4, 0.5) is 0 Å². The Balaban J connectivity index is 1.26. The number of nitrogens with one attached hydrogen (secondary N) is 1. The highest BCUT2D eigenvalue weighted by molar-refractivity contribution is 7.91. The number of piperidine rings is 1. The molecular weight excluding hydrogens is 460 g/mol. The van der Waals surface area contributed by atoms with E-state index in [-0.39, 0.29) is 16.2 Å². The number of nitrogens with zero attached hydrogens (tertiary/aromatic N) is 1. The highest BCUT2D eigenvalue weighted by Gasteiger charge is 2.22. The first-order valence-electron chi connectivity index (χ1n) is 13.3. The lowest BCUT2D eigenvalue weighted by Gasteiger charge is -2.32. The third kappa shape index (κ3) is 7.20. The molecule has 4 rings (SSSR count). The Kier molecular flexibility index (Phi) is 9.06. The number of likely N-dealkylation sites (tertiary alicyclic amines) is 1. The second kappa shape index (κ2) is 12.2. The van der Waals surface area contributed by atoms with Gasteiger partial charge in [-0.3, -0.25) is 9.69 Å². The van der Waals surface area contributed by atoms with Crippen LogP contribution < -0.4 is 10.3 Å². The molecule has 1 aromatic heterocycles. The average Bonchev–Trinajstić information content (AvgIpc) is 2.89. The van der Waals surface area contributed by atoms with E-state index in [1.54, 1.807) is 13.0 Å². The van der Waals surface area contributed by atoms with Crippen molar-refractivity contribution in [2.24, 2.45) is 11.8 Å². The molecule has 0 unspecified atom stereocenters. The Hall–Kier alpha value is -2.12. The van der Waals surface area contributed by atoms with Crippen LogP contribution in [-0.4, -0.2) is 43.8 Å². The average molecular weight is 501 g/mol. The molecule has 1 saturated carbocycles. The molecule has 2 fully saturated rings. The molecule has 1 saturated heterocycles. The summed E-state index contributed by atoms with van der Waals surface area (Å²) in [5, 5.41) is 0. The molecule has 1 aliphatic carbocycles. The van der Waals surface area contributed by atoms with Gasteiger partial charge in [0.2, 0.25) is 0 Å². The lowest BCUT2D eigenvalue weighted by molar-refractivity contribution is 0.171. The first-order chi connectivity index (χ1) is 16.9. The van der Waals surface area contributed by atoms with Gasteiger partial charge in [0.25, 0.3) is 5.56 Å². The van der Waals surface area contributed by atoms with Crippen molar-refractivity contribution in [3.8, 4) is 5.75 Å². The molecule has 1 aromatic carbocycles. The minimum Gasteiger partial charge on any atom is -0.493 e. The summed E-state index contributed by atoms with van der Waals surface area (Å²) in [7, 11) is -3.33. The van der Waals surface area contributed by atoms with Crippen molar-refractivity contribution in [3.05, 3.63) is 58.0 Å². The highest BCUT2D eigenvalue weighted by Crippen LogP contribution is 2.29. The van der Waals surface area contributed by atoms with E-state index in [0.29, 0.717) is 23.9 Å². The van der Waals surface area contributed by atoms with Crippen LogP contribution in [0.15, 0.2) is 46.2 Å². The summed E-state index contributed by atoms with van der Waals surface area (Å²) >= 11 is 0. The van der Waals surface area contributed by atoms with Crippen molar-refractivity contribution in [1.82, 2.24) is 9.88 Å². The van der Waals surface area contributed by atoms with Gasteiger partial charge in [0.1, 0.15) is 5.75 Å². The molecule has 0 radical (unpaired) electrons. The Morgan fingerprint density at radius 3 is 2.49 bits per heavy atom. The molecule has 0 atom stereocenters. The molecule has 2 aromatic rings. The maximum Gasteiger partial charge on any atom is 0.252 e. The maximum atomic E-state index is 12.3. The van der Waals surface area contributed by atoms with Gasteiger partial charge >= 0.3 is 0 Å². The molecular formula is C28H40N2O4S. The van der Waals surface area contributed by atoms with Crippen molar-refractivity contribution < 1.29 is 13.2 Å². The number of aromatic nitrogens is 1. The Bertz CT molecular complexity index is 1110. The number of aryl methyl sites for hydroxylation is 1. The van der Waals surface area contributed by atoms with Crippen molar-refractivity contribution in [2.75, 3.05) is 25.4 Å². The number of para-hydroxylation sites is 1. The first kappa shape index (κ1) is 26.0. The molecule has 192 valence electrons. The topological polar surface area (TPSA) is 79.5 Å². The zero-order chi connectivity index (χ0) is 24.7. The Morgan fingerprint density at radius 2 is 1.74 bits per heavy atom. The van der Waals surface area contributed by atoms with Crippen molar-refractivity contribution in [1.29, 1.82) is 0 Å². The minimum absolute atomic E-state index is 0.0264. The Labute approximate surface area is 210 Å². The molecule has 1 N–H and O–H groups in total. The minimum atomic E-state index is -3.33. The van der Waals surface area contributed by atoms with Gasteiger partial charge in [-0.15, -0.1) is 0 Å². The zero-order valence-electron chi connectivity index (χ0n) is 21.0. The first-order valence-corrected chi connectivity index (χ1v) is 15.0. The van der Waals surface area contributed by atoms with Crippen LogP contribution in [0.2, 0.25) is 0 Å². The second-order valence-corrected chi connectivity index (χ2v) is 12.6. The summed E-state index contributed by atoms with van der Waals surface area (Å²) < 4.78 is 30.6. The van der Waals surface area contributed by atoms with Gasteiger partial charge in [-0.2, -0.15) is 0 Å². The van der Waals surface area contributed by atoms with Gasteiger partial charge in [-0.05, 0) is 81.1 Å². The van der Waals surface area contributed by atoms with E-state index in [2.05, 4.69) is 34.1 Å². The van der Waals surface area contributed by atoms with Crippen LogP contribution in [0.3, 0.4) is 0 Å². The molecule has 1 aliphatic heterocycles. The standard InChI is InChI=1S/C28H40N2O4S/c1-2-35(32,33)26-18-25(28(31)29-19-26)20-30-16-14-22(15-17-30)12-13-24-10-6-7-11-27(24)34-21-23-8-4-3-5-9-23/h6-7,10-11,18-19,22-23H,2-5,8-9,12-17,20-21H2,1H3,(H,29,31). The lowest BCUT2D eigenvalue weighted by atomic mass is 9.89. The fraction of sp³-hybridized carbons (Fsp3) is 0.607. The number of rotatable bonds is 10. The van der Waals surface area contributed by atoms with Gasteiger partial charge in [0.15, 0.2) is 9.84 Å². The maximum absolute atomic E-state index is 12.3. The molecule has 2 aliphatic rings. The van der Waals surface area contributed by atoms with Gasteiger partial charge in [-0.25, -0.2) is 8.42 Å². The number of hydrogen-bond donors (Lipinski definition) is 1. The fourth-order valence-corrected chi connectivity index (χ4v) is 6.31. The smallest absolute Gasteiger partial charge is 0.252 e. The van der Waals surface area contributed by atoms with Gasteiger partial charge in [-0.1, -0.05) is 44.4 Å². The molecule has 35 heavy (non-hydrogen) atoms. The monoisotopic (exact) mass is 500 g/mol. The number of pyridine rings is 1. The summed E-state index contributed by atoms with van der Waals surface area (Å²) in [6.07, 6.45) is 12.3. The number of aromatic amines is 1. The summed E-state index contributed by atoms with van der Waals surface area (Å²) in [6, 6.07) is 10.0. The summed E-state index contributed by atoms with van der Waals surface area (Å²) in [4.78, 5) is 17.4. The van der Waals surface area contributed by atoms with E-state index in [1.807, 2.05) is 0 Å². The number of sulfone groups is 1. The van der Waals surface area contributed by atoms with Crippen LogP contribution in [-0.2, 0) is 22.8 Å². The molecule has 0 bridgehead atoms. The normalized spacial score (nSPS) is 18.5. The van der Waals surface area contributed by atoms with E-state index < -0.39 is 9.84 Å². The zero-order valence-corrected chi connectivity index (χ0v) is 21.8. The van der Waals surface area contributed by atoms with Crippen LogP contribution in [0, 0.1) is 11.8 Å². The summed E-state index contributed by atoms with van der Waals surface area (Å²) in [5.41, 5.74) is 1.64. The van der Waals surface area contributed by atoms with Crippen LogP contribution >= 0.6 is 0 Å². The third-order valence-corrected chi connectivity index (χ3v) is 9.50. The van der Waals surface area contributed by atoms with Crippen LogP contribution in [0.1, 0.15) is 69.4 Å². The van der Waals surface area contributed by atoms with Crippen LogP contribution in [0.5, 0.6) is 5.75 Å². The van der Waals surface area contributed by atoms with Crippen molar-refractivity contribution in [3.63, 3.8) is 0 Å². The highest BCUT2D eigenvalue weighted by atomic mass is 32.2. The van der Waals surface area contributed by atoms with Crippen molar-refractivity contribution in [2.45, 2.75) is 76.2 Å². The predicted octanol–water partition coefficient (Wildman–Crippen LogP) is 4.97. The SMILES string of the molecule is CCS(=O)(=O)c1c[nH]c(=O)c(CN2CCC(CCc3ccccc3OCC3CCCCC3)CC2)c1. The summed E-state index contributed by atoms with van der Waals surface area (Å²) in [5.74, 6) is 2.44. The predicted molar refractivity (Wildman–Crippen MR) is 140 cm³/mol. The van der Waals surface area contributed by atoms with Gasteiger partial charge in [0, 0.05) is 18.3 Å². The molecule has 0 spiro atoms. The van der Waals surface area contributed by atoms with E-state index >= 15 is 0 Å². The van der Waals surface area contributed by atoms with Crippen molar-refractivity contribution >= 4 is 9.84 Å². The Morgan fingerprint density at radius 1 is 1.00 bits per heavy atom. The van der Waals surface area contributed by atoms with E-state index in [0.717, 1.165) is 51.1 Å². The number of ether oxygens (including phenoxy) is 1. The number of hydrogen-bond acceptors (Lipinski definition) is 5. The lowest BCUT2D eigenvalue weighted by Crippen LogP contribution is -2.35. The molecule has 2 heterocycles.